The molecule has 2 aromatic rings. The van der Waals surface area contributed by atoms with E-state index in [1.54, 1.807) is 4.31 Å². The maximum Gasteiger partial charge on any atom is 0.326 e. The second kappa shape index (κ2) is 7.11. The molecule has 1 saturated heterocycles. The Balaban J connectivity index is 1.80. The van der Waals surface area contributed by atoms with Crippen LogP contribution in [0, 0.1) is 6.92 Å². The second-order valence-corrected chi connectivity index (χ2v) is 7.04. The molecule has 1 heterocycles. The van der Waals surface area contributed by atoms with Crippen LogP contribution >= 0.6 is 0 Å². The highest BCUT2D eigenvalue weighted by molar-refractivity contribution is 7.83. The molecule has 0 aliphatic carbocycles. The molecule has 0 amide bonds. The minimum atomic E-state index is -1.39. The van der Waals surface area contributed by atoms with E-state index in [0.717, 1.165) is 11.1 Å². The van der Waals surface area contributed by atoms with Gasteiger partial charge in [0.2, 0.25) is 0 Å². The van der Waals surface area contributed by atoms with Gasteiger partial charge in [-0.15, -0.1) is 0 Å². The number of nitrogens with zero attached hydrogens (tertiary/aromatic N) is 1. The standard InChI is InChI=1S/C19H19NO3S/c1-14-8-11-16(12-9-14)24(22)20-17(18(20)19(21)23-2)13-10-15-6-4-3-5-7-15/h3-13,17-18H,1-2H3/b13-10+/t17-,18+,20?,24+/m1/s1. The first kappa shape index (κ1) is 16.6. The average molecular weight is 341 g/mol. The van der Waals surface area contributed by atoms with Crippen molar-refractivity contribution in [1.82, 2.24) is 4.31 Å². The topological polar surface area (TPSA) is 46.4 Å². The van der Waals surface area contributed by atoms with Gasteiger partial charge >= 0.3 is 5.97 Å². The third-order valence-corrected chi connectivity index (χ3v) is 5.47. The third-order valence-electron chi connectivity index (χ3n) is 3.94. The van der Waals surface area contributed by atoms with Crippen LogP contribution in [0.3, 0.4) is 0 Å². The van der Waals surface area contributed by atoms with Gasteiger partial charge in [0.15, 0.2) is 0 Å². The van der Waals surface area contributed by atoms with Gasteiger partial charge in [-0.2, -0.15) is 4.31 Å². The zero-order chi connectivity index (χ0) is 17.1. The maximum absolute atomic E-state index is 12.8. The Hall–Kier alpha value is -2.24. The van der Waals surface area contributed by atoms with Crippen molar-refractivity contribution in [3.63, 3.8) is 0 Å². The number of esters is 1. The first-order chi connectivity index (χ1) is 11.6. The lowest BCUT2D eigenvalue weighted by molar-refractivity contribution is -0.140. The minimum Gasteiger partial charge on any atom is -0.468 e. The van der Waals surface area contributed by atoms with Gasteiger partial charge in [0.05, 0.1) is 18.0 Å². The zero-order valence-electron chi connectivity index (χ0n) is 13.6. The van der Waals surface area contributed by atoms with E-state index in [1.807, 2.05) is 73.7 Å². The van der Waals surface area contributed by atoms with Crippen LogP contribution in [-0.4, -0.2) is 33.7 Å². The summed E-state index contributed by atoms with van der Waals surface area (Å²) in [6, 6.07) is 16.6. The molecule has 0 spiro atoms. The van der Waals surface area contributed by atoms with Crippen molar-refractivity contribution in [2.24, 2.45) is 0 Å². The molecule has 5 heteroatoms. The van der Waals surface area contributed by atoms with Crippen LogP contribution in [0.5, 0.6) is 0 Å². The molecular weight excluding hydrogens is 322 g/mol. The van der Waals surface area contributed by atoms with E-state index in [0.29, 0.717) is 4.90 Å². The predicted octanol–water partition coefficient (Wildman–Crippen LogP) is 2.96. The van der Waals surface area contributed by atoms with Crippen molar-refractivity contribution in [1.29, 1.82) is 0 Å². The molecule has 1 unspecified atom stereocenters. The molecule has 0 N–H and O–H groups in total. The third kappa shape index (κ3) is 3.47. The first-order valence-electron chi connectivity index (χ1n) is 7.70. The van der Waals surface area contributed by atoms with Crippen LogP contribution in [0.15, 0.2) is 65.6 Å². The number of hydrogen-bond donors (Lipinski definition) is 0. The minimum absolute atomic E-state index is 0.222. The van der Waals surface area contributed by atoms with Crippen molar-refractivity contribution in [2.75, 3.05) is 7.11 Å². The average Bonchev–Trinajstić information content (AvgIpc) is 3.34. The lowest BCUT2D eigenvalue weighted by Gasteiger charge is -2.04. The molecule has 0 aromatic heterocycles. The molecule has 0 saturated carbocycles. The van der Waals surface area contributed by atoms with Crippen molar-refractivity contribution >= 4 is 23.0 Å². The highest BCUT2D eigenvalue weighted by Gasteiger charge is 2.55. The summed E-state index contributed by atoms with van der Waals surface area (Å²) < 4.78 is 19.3. The number of ether oxygens (including phenoxy) is 1. The summed E-state index contributed by atoms with van der Waals surface area (Å²) in [7, 11) is -0.0385. The van der Waals surface area contributed by atoms with Gasteiger partial charge in [0, 0.05) is 0 Å². The molecule has 124 valence electrons. The van der Waals surface area contributed by atoms with E-state index in [9.17, 15) is 9.00 Å². The maximum atomic E-state index is 12.8. The van der Waals surface area contributed by atoms with E-state index >= 15 is 0 Å². The van der Waals surface area contributed by atoms with E-state index in [-0.39, 0.29) is 12.0 Å². The molecule has 3 rings (SSSR count). The summed E-state index contributed by atoms with van der Waals surface area (Å²) in [6.07, 6.45) is 3.84. The summed E-state index contributed by atoms with van der Waals surface area (Å²) in [4.78, 5) is 12.6. The number of carbonyl (C=O) groups excluding carboxylic acids is 1. The van der Waals surface area contributed by atoms with Gasteiger partial charge in [0.1, 0.15) is 17.0 Å². The number of carbonyl (C=O) groups is 1. The van der Waals surface area contributed by atoms with E-state index in [4.69, 9.17) is 4.74 Å². The van der Waals surface area contributed by atoms with Gasteiger partial charge in [-0.3, -0.25) is 4.79 Å². The van der Waals surface area contributed by atoms with Crippen molar-refractivity contribution in [3.05, 3.63) is 71.8 Å². The molecule has 1 fully saturated rings. The van der Waals surface area contributed by atoms with Gasteiger partial charge in [-0.25, -0.2) is 4.21 Å². The number of benzene rings is 2. The van der Waals surface area contributed by atoms with Crippen molar-refractivity contribution in [2.45, 2.75) is 23.9 Å². The smallest absolute Gasteiger partial charge is 0.326 e. The van der Waals surface area contributed by atoms with Gasteiger partial charge in [-0.1, -0.05) is 60.2 Å². The Labute approximate surface area is 144 Å². The lowest BCUT2D eigenvalue weighted by Crippen LogP contribution is -2.16. The summed E-state index contributed by atoms with van der Waals surface area (Å²) in [5.41, 5.74) is 2.14. The van der Waals surface area contributed by atoms with Crippen LogP contribution in [0.2, 0.25) is 0 Å². The molecule has 24 heavy (non-hydrogen) atoms. The molecule has 4 nitrogen and oxygen atoms in total. The first-order valence-corrected chi connectivity index (χ1v) is 8.80. The molecule has 2 aromatic carbocycles. The monoisotopic (exact) mass is 341 g/mol. The van der Waals surface area contributed by atoms with Crippen LogP contribution < -0.4 is 0 Å². The van der Waals surface area contributed by atoms with E-state index in [2.05, 4.69) is 0 Å². The number of rotatable bonds is 5. The Bertz CT molecular complexity index is 771. The fourth-order valence-electron chi connectivity index (χ4n) is 2.55. The van der Waals surface area contributed by atoms with Crippen LogP contribution in [-0.2, 0) is 20.5 Å². The lowest BCUT2D eigenvalue weighted by atomic mass is 10.2. The Morgan fingerprint density at radius 2 is 1.79 bits per heavy atom. The summed E-state index contributed by atoms with van der Waals surface area (Å²) in [6.45, 7) is 1.98. The molecule has 1 aliphatic heterocycles. The predicted molar refractivity (Wildman–Crippen MR) is 94.5 cm³/mol. The van der Waals surface area contributed by atoms with Gasteiger partial charge in [-0.05, 0) is 24.6 Å². The Kier molecular flexibility index (Phi) is 4.92. The normalized spacial score (nSPS) is 23.8. The summed E-state index contributed by atoms with van der Waals surface area (Å²) in [5, 5.41) is 0. The fraction of sp³-hybridized carbons (Fsp3) is 0.211. The molecule has 1 aliphatic rings. The fourth-order valence-corrected chi connectivity index (χ4v) is 3.93. The quantitative estimate of drug-likeness (QED) is 0.620. The molecule has 0 bridgehead atoms. The highest BCUT2D eigenvalue weighted by atomic mass is 32.2. The number of aryl methyl sites for hydroxylation is 1. The van der Waals surface area contributed by atoms with Crippen molar-refractivity contribution in [3.8, 4) is 0 Å². The van der Waals surface area contributed by atoms with Crippen molar-refractivity contribution < 1.29 is 13.7 Å². The molecule has 0 radical (unpaired) electrons. The molecular formula is C19H19NO3S. The summed E-state index contributed by atoms with van der Waals surface area (Å²) in [5.74, 6) is -0.363. The number of methoxy groups -OCH3 is 1. The van der Waals surface area contributed by atoms with Crippen LogP contribution in [0.25, 0.3) is 6.08 Å². The van der Waals surface area contributed by atoms with Crippen LogP contribution in [0.4, 0.5) is 0 Å². The Morgan fingerprint density at radius 3 is 2.42 bits per heavy atom. The SMILES string of the molecule is COC(=O)[C@@H]1[C@@H](/C=C/c2ccccc2)N1[S@@](=O)c1ccc(C)cc1. The van der Waals surface area contributed by atoms with Gasteiger partial charge < -0.3 is 4.74 Å². The Morgan fingerprint density at radius 1 is 1.12 bits per heavy atom. The summed E-state index contributed by atoms with van der Waals surface area (Å²) >= 11 is 0. The van der Waals surface area contributed by atoms with Gasteiger partial charge in [0.25, 0.3) is 0 Å². The van der Waals surface area contributed by atoms with E-state index in [1.165, 1.54) is 7.11 Å². The number of hydrogen-bond acceptors (Lipinski definition) is 3. The largest absolute Gasteiger partial charge is 0.468 e. The zero-order valence-corrected chi connectivity index (χ0v) is 14.4. The highest BCUT2D eigenvalue weighted by Crippen LogP contribution is 2.35. The van der Waals surface area contributed by atoms with Crippen LogP contribution in [0.1, 0.15) is 11.1 Å². The molecule has 4 atom stereocenters. The van der Waals surface area contributed by atoms with E-state index < -0.39 is 17.0 Å². The second-order valence-electron chi connectivity index (χ2n) is 5.65.